The van der Waals surface area contributed by atoms with Gasteiger partial charge in [0.15, 0.2) is 15.0 Å². The highest BCUT2D eigenvalue weighted by Crippen LogP contribution is 2.37. The van der Waals surface area contributed by atoms with E-state index in [1.807, 2.05) is 24.3 Å². The molecule has 9 heteroatoms. The average Bonchev–Trinajstić information content (AvgIpc) is 3.06. The maximum absolute atomic E-state index is 14.6. The molecule has 142 valence electrons. The second-order valence-electron chi connectivity index (χ2n) is 6.50. The fraction of sp³-hybridized carbons (Fsp3) is 0.278. The molecule has 0 aromatic heterocycles. The van der Waals surface area contributed by atoms with E-state index in [4.69, 9.17) is 11.6 Å². The second kappa shape index (κ2) is 7.39. The van der Waals surface area contributed by atoms with Crippen LogP contribution in [0.5, 0.6) is 0 Å². The van der Waals surface area contributed by atoms with E-state index in [0.29, 0.717) is 26.1 Å². The van der Waals surface area contributed by atoms with Gasteiger partial charge in [0.2, 0.25) is 0 Å². The van der Waals surface area contributed by atoms with Crippen molar-refractivity contribution in [1.82, 2.24) is 0 Å². The Hall–Kier alpha value is -1.09. The summed E-state index contributed by atoms with van der Waals surface area (Å²) in [5, 5.41) is 1.32. The standard InChI is InChI=1S/C18H15BrClFN2O2S2/c19-12-3-6-16(14(21)7-12)23-17-10-27(24,25)9-15(17)22-18(23)26-8-11-1-4-13(20)5-2-11/h1-7,15,17H,8-10H2/t15-,17+/m1/s1. The van der Waals surface area contributed by atoms with E-state index in [-0.39, 0.29) is 23.6 Å². The minimum atomic E-state index is -3.17. The molecule has 0 saturated carbocycles. The van der Waals surface area contributed by atoms with Gasteiger partial charge >= 0.3 is 0 Å². The van der Waals surface area contributed by atoms with Crippen LogP contribution in [-0.2, 0) is 15.6 Å². The van der Waals surface area contributed by atoms with Crippen LogP contribution in [0.25, 0.3) is 0 Å². The molecule has 0 unspecified atom stereocenters. The summed E-state index contributed by atoms with van der Waals surface area (Å²) in [7, 11) is -3.17. The Morgan fingerprint density at radius 3 is 2.67 bits per heavy atom. The van der Waals surface area contributed by atoms with Gasteiger partial charge in [-0.15, -0.1) is 0 Å². The van der Waals surface area contributed by atoms with Crippen molar-refractivity contribution in [3.63, 3.8) is 0 Å². The Morgan fingerprint density at radius 1 is 1.22 bits per heavy atom. The summed E-state index contributed by atoms with van der Waals surface area (Å²) in [6, 6.07) is 11.6. The Labute approximate surface area is 174 Å². The molecule has 0 bridgehead atoms. The number of halogens is 3. The van der Waals surface area contributed by atoms with Crippen molar-refractivity contribution in [2.24, 2.45) is 4.99 Å². The number of benzene rings is 2. The van der Waals surface area contributed by atoms with Gasteiger partial charge in [-0.25, -0.2) is 12.8 Å². The van der Waals surface area contributed by atoms with Gasteiger partial charge in [-0.3, -0.25) is 4.99 Å². The van der Waals surface area contributed by atoms with Crippen LogP contribution in [0, 0.1) is 5.82 Å². The molecule has 2 aliphatic rings. The monoisotopic (exact) mass is 488 g/mol. The first-order valence-corrected chi connectivity index (χ1v) is 12.2. The van der Waals surface area contributed by atoms with Crippen LogP contribution < -0.4 is 4.90 Å². The van der Waals surface area contributed by atoms with Gasteiger partial charge in [0, 0.05) is 15.2 Å². The lowest BCUT2D eigenvalue weighted by atomic mass is 10.1. The molecule has 4 nitrogen and oxygen atoms in total. The summed E-state index contributed by atoms with van der Waals surface area (Å²) in [5.41, 5.74) is 1.41. The molecule has 0 amide bonds. The van der Waals surface area contributed by atoms with Gasteiger partial charge in [0.25, 0.3) is 0 Å². The number of thioether (sulfide) groups is 1. The molecule has 2 heterocycles. The van der Waals surface area contributed by atoms with Gasteiger partial charge < -0.3 is 4.90 Å². The van der Waals surface area contributed by atoms with Crippen LogP contribution in [0.15, 0.2) is 51.9 Å². The van der Waals surface area contributed by atoms with Gasteiger partial charge in [0.1, 0.15) is 5.82 Å². The third-order valence-corrected chi connectivity index (χ3v) is 8.04. The van der Waals surface area contributed by atoms with E-state index in [9.17, 15) is 12.8 Å². The first-order valence-electron chi connectivity index (χ1n) is 8.22. The summed E-state index contributed by atoms with van der Waals surface area (Å²) in [6.07, 6.45) is 0. The topological polar surface area (TPSA) is 49.7 Å². The van der Waals surface area contributed by atoms with E-state index in [0.717, 1.165) is 5.56 Å². The normalized spacial score (nSPS) is 23.4. The molecule has 27 heavy (non-hydrogen) atoms. The van der Waals surface area contributed by atoms with Crippen LogP contribution in [0.2, 0.25) is 5.02 Å². The van der Waals surface area contributed by atoms with E-state index in [2.05, 4.69) is 20.9 Å². The van der Waals surface area contributed by atoms with Crippen molar-refractivity contribution in [2.45, 2.75) is 17.8 Å². The van der Waals surface area contributed by atoms with Crippen molar-refractivity contribution < 1.29 is 12.8 Å². The van der Waals surface area contributed by atoms with E-state index in [1.54, 1.807) is 17.0 Å². The van der Waals surface area contributed by atoms with Crippen LogP contribution in [-0.4, -0.2) is 37.2 Å². The Kier molecular flexibility index (Phi) is 5.26. The van der Waals surface area contributed by atoms with E-state index >= 15 is 0 Å². The number of fused-ring (bicyclic) bond motifs is 1. The first-order chi connectivity index (χ1) is 12.8. The summed E-state index contributed by atoms with van der Waals surface area (Å²) in [6.45, 7) is 0. The van der Waals surface area contributed by atoms with E-state index in [1.165, 1.54) is 17.8 Å². The predicted molar refractivity (Wildman–Crippen MR) is 113 cm³/mol. The van der Waals surface area contributed by atoms with Crippen molar-refractivity contribution in [3.05, 3.63) is 63.3 Å². The quantitative estimate of drug-likeness (QED) is 0.636. The van der Waals surface area contributed by atoms with Gasteiger partial charge in [0.05, 0.1) is 29.3 Å². The summed E-state index contributed by atoms with van der Waals surface area (Å²) in [4.78, 5) is 6.37. The maximum Gasteiger partial charge on any atom is 0.164 e. The smallest absolute Gasteiger partial charge is 0.164 e. The minimum Gasteiger partial charge on any atom is -0.312 e. The fourth-order valence-corrected chi connectivity index (χ4v) is 6.69. The number of nitrogens with zero attached hydrogens (tertiary/aromatic N) is 2. The number of rotatable bonds is 3. The zero-order valence-corrected chi connectivity index (χ0v) is 18.0. The zero-order valence-electron chi connectivity index (χ0n) is 14.0. The number of aliphatic imine (C=N–C) groups is 1. The highest BCUT2D eigenvalue weighted by atomic mass is 79.9. The number of anilines is 1. The highest BCUT2D eigenvalue weighted by molar-refractivity contribution is 9.10. The number of hydrogen-bond donors (Lipinski definition) is 0. The third kappa shape index (κ3) is 4.04. The van der Waals surface area contributed by atoms with Crippen LogP contribution in [0.1, 0.15) is 5.56 Å². The third-order valence-electron chi connectivity index (χ3n) is 4.56. The number of sulfone groups is 1. The lowest BCUT2D eigenvalue weighted by molar-refractivity contribution is 0.600. The lowest BCUT2D eigenvalue weighted by Gasteiger charge is -2.27. The van der Waals surface area contributed by atoms with Crippen molar-refractivity contribution in [1.29, 1.82) is 0 Å². The highest BCUT2D eigenvalue weighted by Gasteiger charge is 2.47. The maximum atomic E-state index is 14.6. The minimum absolute atomic E-state index is 0.0112. The molecule has 0 N–H and O–H groups in total. The summed E-state index contributed by atoms with van der Waals surface area (Å²) < 4.78 is 39.4. The predicted octanol–water partition coefficient (Wildman–Crippen LogP) is 4.52. The number of amidine groups is 1. The lowest BCUT2D eigenvalue weighted by Crippen LogP contribution is -2.39. The summed E-state index contributed by atoms with van der Waals surface area (Å²) >= 11 is 10.7. The molecule has 2 aromatic rings. The molecule has 0 spiro atoms. The average molecular weight is 490 g/mol. The Morgan fingerprint density at radius 2 is 1.96 bits per heavy atom. The molecule has 2 atom stereocenters. The molecule has 0 aliphatic carbocycles. The molecule has 2 aliphatic heterocycles. The van der Waals surface area contributed by atoms with Gasteiger partial charge in [-0.05, 0) is 35.9 Å². The fourth-order valence-electron chi connectivity index (χ4n) is 3.32. The Bertz CT molecular complexity index is 1010. The van der Waals surface area contributed by atoms with Crippen LogP contribution in [0.4, 0.5) is 10.1 Å². The summed E-state index contributed by atoms with van der Waals surface area (Å²) in [5.74, 6) is 0.227. The van der Waals surface area contributed by atoms with E-state index < -0.39 is 15.7 Å². The van der Waals surface area contributed by atoms with Gasteiger partial charge in [-0.2, -0.15) is 0 Å². The molecular formula is C18H15BrClFN2O2S2. The largest absolute Gasteiger partial charge is 0.312 e. The van der Waals surface area contributed by atoms with Crippen LogP contribution in [0.3, 0.4) is 0 Å². The molecule has 0 radical (unpaired) electrons. The molecule has 1 fully saturated rings. The molecule has 4 rings (SSSR count). The second-order valence-corrected chi connectivity index (χ2v) is 11.0. The van der Waals surface area contributed by atoms with Gasteiger partial charge in [-0.1, -0.05) is 51.4 Å². The van der Waals surface area contributed by atoms with Crippen molar-refractivity contribution in [3.8, 4) is 0 Å². The SMILES string of the molecule is O=S1(=O)C[C@H]2N=C(SCc3ccc(Cl)cc3)N(c3ccc(Br)cc3F)[C@H]2C1. The van der Waals surface area contributed by atoms with Crippen molar-refractivity contribution >= 4 is 60.0 Å². The van der Waals surface area contributed by atoms with Crippen LogP contribution >= 0.6 is 39.3 Å². The zero-order chi connectivity index (χ0) is 19.2. The Balaban J connectivity index is 1.64. The molecule has 1 saturated heterocycles. The molecule has 2 aromatic carbocycles. The molecular weight excluding hydrogens is 475 g/mol. The first kappa shape index (κ1) is 19.2. The van der Waals surface area contributed by atoms with Crippen molar-refractivity contribution in [2.75, 3.05) is 16.4 Å². The number of hydrogen-bond acceptors (Lipinski definition) is 5.